The summed E-state index contributed by atoms with van der Waals surface area (Å²) in [4.78, 5) is 26.1. The number of allylic oxidation sites excluding steroid dienone is 4. The van der Waals surface area contributed by atoms with Crippen molar-refractivity contribution in [1.29, 1.82) is 0 Å². The number of carbonyl (C=O) groups excluding carboxylic acids is 2. The lowest BCUT2D eigenvalue weighted by atomic mass is 9.43. The SMILES string of the molecule is CNc1ccc(S(=O)(=O)c2ccc([C@H]3OC[C@]4(C(=O)CO)[C@@H](C[C@H]5[C@@H]6C[C@H](F)C7=CC(=O)C=C[C@]7(C)[C@@]6(F)[C@@H](O)C[C@@]54C)O3)cc2)cc1. The smallest absolute Gasteiger partial charge is 0.206 e. The molecule has 9 nitrogen and oxygen atoms in total. The van der Waals surface area contributed by atoms with Crippen molar-refractivity contribution in [2.45, 2.75) is 73.2 Å². The first-order chi connectivity index (χ1) is 22.7. The van der Waals surface area contributed by atoms with Crippen LogP contribution in [0.15, 0.2) is 82.1 Å². The highest BCUT2D eigenvalue weighted by atomic mass is 32.2. The van der Waals surface area contributed by atoms with Gasteiger partial charge in [-0.05, 0) is 91.6 Å². The first kappa shape index (κ1) is 33.2. The molecule has 256 valence electrons. The number of rotatable bonds is 6. The first-order valence-corrected chi connectivity index (χ1v) is 17.7. The highest BCUT2D eigenvalue weighted by Gasteiger charge is 2.78. The molecule has 1 aliphatic heterocycles. The molecular formula is C36H39F2NO8S. The number of sulfone groups is 1. The van der Waals surface area contributed by atoms with E-state index in [2.05, 4.69) is 5.32 Å². The molecule has 48 heavy (non-hydrogen) atoms. The van der Waals surface area contributed by atoms with Gasteiger partial charge in [0.1, 0.15) is 12.8 Å². The monoisotopic (exact) mass is 683 g/mol. The molecule has 5 aliphatic rings. The molecule has 0 spiro atoms. The van der Waals surface area contributed by atoms with E-state index in [-0.39, 0.29) is 41.2 Å². The van der Waals surface area contributed by atoms with Crippen LogP contribution >= 0.6 is 0 Å². The molecule has 1 heterocycles. The van der Waals surface area contributed by atoms with Crippen LogP contribution in [0.1, 0.15) is 45.0 Å². The Morgan fingerprint density at radius 1 is 1.04 bits per heavy atom. The minimum atomic E-state index is -3.82. The average Bonchev–Trinajstić information content (AvgIpc) is 3.34. The standard InChI is InChI=1S/C36H39F2NO8S/c1-33-13-12-22(41)14-27(33)28(37)15-26-25-16-31-35(30(43)18-40,34(25,2)17-29(42)36(26,33)38)19-46-32(47-31)20-4-8-23(9-5-20)48(44,45)24-10-6-21(39-3)7-11-24/h4-14,25-26,28-29,31-32,39-40,42H,15-19H2,1-3H3/t25-,26-,28-,29-,31+,32-,33-,34-,35-,36-/m0/s1. The van der Waals surface area contributed by atoms with E-state index in [1.54, 1.807) is 38.2 Å². The zero-order valence-electron chi connectivity index (χ0n) is 26.9. The fourth-order valence-electron chi connectivity index (χ4n) is 9.76. The Labute approximate surface area is 277 Å². The number of carbonyl (C=O) groups is 2. The maximum Gasteiger partial charge on any atom is 0.206 e. The van der Waals surface area contributed by atoms with Crippen molar-refractivity contribution in [2.75, 3.05) is 25.6 Å². The van der Waals surface area contributed by atoms with Crippen LogP contribution in [0, 0.1) is 28.1 Å². The maximum absolute atomic E-state index is 17.7. The third-order valence-corrected chi connectivity index (χ3v) is 14.1. The van der Waals surface area contributed by atoms with E-state index in [1.807, 2.05) is 0 Å². The van der Waals surface area contributed by atoms with Gasteiger partial charge in [-0.3, -0.25) is 9.59 Å². The number of ketones is 2. The zero-order chi connectivity index (χ0) is 34.4. The quantitative estimate of drug-likeness (QED) is 0.403. The predicted molar refractivity (Wildman–Crippen MR) is 170 cm³/mol. The molecule has 1 saturated heterocycles. The Bertz CT molecular complexity index is 1830. The van der Waals surface area contributed by atoms with Gasteiger partial charge in [0.25, 0.3) is 0 Å². The van der Waals surface area contributed by atoms with Gasteiger partial charge in [0.2, 0.25) is 9.84 Å². The third-order valence-electron chi connectivity index (χ3n) is 12.4. The Balaban J connectivity index is 1.21. The van der Waals surface area contributed by atoms with Crippen molar-refractivity contribution in [3.05, 3.63) is 77.9 Å². The molecule has 3 saturated carbocycles. The molecule has 2 aromatic carbocycles. The van der Waals surface area contributed by atoms with Crippen LogP contribution in [-0.2, 0) is 28.9 Å². The minimum absolute atomic E-state index is 0.00746. The van der Waals surface area contributed by atoms with E-state index in [0.29, 0.717) is 5.56 Å². The number of Topliss-reactive ketones (excluding diaryl/α,β-unsaturated/α-hetero) is 1. The van der Waals surface area contributed by atoms with Crippen molar-refractivity contribution < 1.29 is 46.5 Å². The van der Waals surface area contributed by atoms with E-state index >= 15 is 8.78 Å². The van der Waals surface area contributed by atoms with Gasteiger partial charge in [-0.2, -0.15) is 0 Å². The molecule has 0 amide bonds. The largest absolute Gasteiger partial charge is 0.390 e. The molecule has 0 bridgehead atoms. The molecule has 2 aromatic rings. The molecule has 12 heteroatoms. The van der Waals surface area contributed by atoms with Gasteiger partial charge in [0.05, 0.1) is 34.0 Å². The molecule has 10 atom stereocenters. The van der Waals surface area contributed by atoms with Gasteiger partial charge >= 0.3 is 0 Å². The van der Waals surface area contributed by atoms with E-state index in [9.17, 15) is 28.2 Å². The van der Waals surface area contributed by atoms with Gasteiger partial charge in [-0.25, -0.2) is 17.2 Å². The van der Waals surface area contributed by atoms with Gasteiger partial charge in [0.15, 0.2) is 23.5 Å². The summed E-state index contributed by atoms with van der Waals surface area (Å²) in [6.07, 6.45) is -1.75. The van der Waals surface area contributed by atoms with Crippen LogP contribution < -0.4 is 5.32 Å². The summed E-state index contributed by atoms with van der Waals surface area (Å²) < 4.78 is 72.8. The van der Waals surface area contributed by atoms with Crippen molar-refractivity contribution >= 4 is 27.1 Å². The molecule has 4 aliphatic carbocycles. The number of anilines is 1. The Kier molecular flexibility index (Phi) is 7.69. The number of halogens is 2. The lowest BCUT2D eigenvalue weighted by molar-refractivity contribution is -0.281. The molecule has 3 N–H and O–H groups in total. The number of aliphatic hydroxyl groups is 2. The van der Waals surface area contributed by atoms with Crippen molar-refractivity contribution in [2.24, 2.45) is 28.1 Å². The number of hydrogen-bond donors (Lipinski definition) is 3. The highest BCUT2D eigenvalue weighted by molar-refractivity contribution is 7.91. The lowest BCUT2D eigenvalue weighted by Gasteiger charge is -2.63. The van der Waals surface area contributed by atoms with Gasteiger partial charge in [-0.1, -0.05) is 25.1 Å². The van der Waals surface area contributed by atoms with Crippen molar-refractivity contribution in [1.82, 2.24) is 0 Å². The van der Waals surface area contributed by atoms with Crippen LogP contribution in [0.4, 0.5) is 14.5 Å². The summed E-state index contributed by atoms with van der Waals surface area (Å²) in [5.41, 5.74) is -5.25. The summed E-state index contributed by atoms with van der Waals surface area (Å²) in [5.74, 6) is -2.68. The first-order valence-electron chi connectivity index (χ1n) is 16.2. The number of aliphatic hydroxyl groups excluding tert-OH is 2. The number of benzene rings is 2. The van der Waals surface area contributed by atoms with Gasteiger partial charge < -0.3 is 25.0 Å². The number of ether oxygens (including phenoxy) is 2. The van der Waals surface area contributed by atoms with Gasteiger partial charge in [0, 0.05) is 29.6 Å². The Morgan fingerprint density at radius 3 is 2.31 bits per heavy atom. The van der Waals surface area contributed by atoms with E-state index < -0.39 is 86.4 Å². The fourth-order valence-corrected chi connectivity index (χ4v) is 11.0. The molecular weight excluding hydrogens is 644 g/mol. The summed E-state index contributed by atoms with van der Waals surface area (Å²) >= 11 is 0. The molecule has 0 unspecified atom stereocenters. The van der Waals surface area contributed by atoms with E-state index in [1.165, 1.54) is 43.3 Å². The van der Waals surface area contributed by atoms with Crippen molar-refractivity contribution in [3.8, 4) is 0 Å². The Hall–Kier alpha value is -3.29. The Morgan fingerprint density at radius 2 is 1.69 bits per heavy atom. The maximum atomic E-state index is 17.7. The second kappa shape index (κ2) is 11.1. The summed E-state index contributed by atoms with van der Waals surface area (Å²) in [7, 11) is -2.08. The second-order valence-electron chi connectivity index (χ2n) is 14.3. The second-order valence-corrected chi connectivity index (χ2v) is 16.2. The summed E-state index contributed by atoms with van der Waals surface area (Å²) in [5, 5.41) is 24.8. The predicted octanol–water partition coefficient (Wildman–Crippen LogP) is 4.45. The number of hydrogen-bond acceptors (Lipinski definition) is 9. The number of alkyl halides is 2. The van der Waals surface area contributed by atoms with E-state index in [0.717, 1.165) is 11.8 Å². The van der Waals surface area contributed by atoms with Gasteiger partial charge in [-0.15, -0.1) is 0 Å². The number of fused-ring (bicyclic) bond motifs is 7. The topological polar surface area (TPSA) is 139 Å². The summed E-state index contributed by atoms with van der Waals surface area (Å²) in [6.45, 7) is 2.24. The minimum Gasteiger partial charge on any atom is -0.390 e. The molecule has 7 rings (SSSR count). The average molecular weight is 684 g/mol. The van der Waals surface area contributed by atoms with Crippen LogP contribution in [0.25, 0.3) is 0 Å². The van der Waals surface area contributed by atoms with Crippen LogP contribution in [0.5, 0.6) is 0 Å². The highest BCUT2D eigenvalue weighted by Crippen LogP contribution is 2.73. The molecule has 4 fully saturated rings. The lowest BCUT2D eigenvalue weighted by Crippen LogP contribution is -2.70. The third kappa shape index (κ3) is 4.28. The fraction of sp³-hybridized carbons (Fsp3) is 0.500. The molecule has 0 aromatic heterocycles. The normalized spacial score (nSPS) is 40.2. The van der Waals surface area contributed by atoms with E-state index in [4.69, 9.17) is 9.47 Å². The number of nitrogens with one attached hydrogen (secondary N) is 1. The zero-order valence-corrected chi connectivity index (χ0v) is 27.7. The van der Waals surface area contributed by atoms with Crippen molar-refractivity contribution in [3.63, 3.8) is 0 Å². The van der Waals surface area contributed by atoms with Crippen LogP contribution in [0.2, 0.25) is 0 Å². The van der Waals surface area contributed by atoms with Crippen LogP contribution in [-0.4, -0.2) is 74.5 Å². The molecule has 0 radical (unpaired) electrons. The van der Waals surface area contributed by atoms with Crippen LogP contribution in [0.3, 0.4) is 0 Å². The summed E-state index contributed by atoms with van der Waals surface area (Å²) in [6, 6.07) is 12.4.